The van der Waals surface area contributed by atoms with Gasteiger partial charge in [0.15, 0.2) is 0 Å². The molecule has 0 heterocycles. The Balaban J connectivity index is 1.83. The molecule has 0 saturated carbocycles. The first-order chi connectivity index (χ1) is 10.1. The van der Waals surface area contributed by atoms with Gasteiger partial charge in [0, 0.05) is 0 Å². The van der Waals surface area contributed by atoms with Crippen LogP contribution in [-0.2, 0) is 14.6 Å². The molecule has 6 heteroatoms. The zero-order valence-electron chi connectivity index (χ0n) is 12.2. The van der Waals surface area contributed by atoms with E-state index in [0.717, 1.165) is 12.8 Å². The molecular formula is C15H24O4STe. The third-order valence-corrected chi connectivity index (χ3v) is 6.63. The first kappa shape index (κ1) is 18.9. The molecule has 0 bridgehead atoms. The average Bonchev–Trinajstić information content (AvgIpc) is 2.44. The Hall–Kier alpha value is -0.120. The van der Waals surface area contributed by atoms with Crippen molar-refractivity contribution in [2.24, 2.45) is 0 Å². The van der Waals surface area contributed by atoms with Crippen molar-refractivity contribution in [3.63, 3.8) is 0 Å². The van der Waals surface area contributed by atoms with Crippen molar-refractivity contribution in [3.8, 4) is 0 Å². The van der Waals surface area contributed by atoms with E-state index in [1.807, 2.05) is 0 Å². The van der Waals surface area contributed by atoms with E-state index in [4.69, 9.17) is 4.55 Å². The quantitative estimate of drug-likeness (QED) is 0.316. The molecule has 0 atom stereocenters. The zero-order chi connectivity index (χ0) is 15.4. The van der Waals surface area contributed by atoms with Crippen molar-refractivity contribution in [3.05, 3.63) is 30.3 Å². The normalized spacial score (nSPS) is 11.7. The van der Waals surface area contributed by atoms with Gasteiger partial charge in [0.2, 0.25) is 0 Å². The monoisotopic (exact) mass is 430 g/mol. The molecule has 1 aromatic rings. The van der Waals surface area contributed by atoms with E-state index in [9.17, 15) is 8.42 Å². The van der Waals surface area contributed by atoms with Crippen LogP contribution in [0.4, 0.5) is 0 Å². The molecule has 0 aliphatic heterocycles. The fourth-order valence-electron chi connectivity index (χ4n) is 1.96. The number of hydrogen-bond donors (Lipinski definition) is 1. The molecule has 1 N–H and O–H groups in total. The van der Waals surface area contributed by atoms with Gasteiger partial charge in [0.25, 0.3) is 0 Å². The third-order valence-electron chi connectivity index (χ3n) is 3.03. The molecule has 1 aromatic carbocycles. The van der Waals surface area contributed by atoms with Gasteiger partial charge in [-0.2, -0.15) is 0 Å². The molecule has 120 valence electrons. The van der Waals surface area contributed by atoms with Crippen LogP contribution in [0.1, 0.15) is 44.9 Å². The van der Waals surface area contributed by atoms with Crippen molar-refractivity contribution >= 4 is 34.9 Å². The molecule has 0 radical (unpaired) electrons. The molecule has 0 saturated heterocycles. The fourth-order valence-corrected chi connectivity index (χ4v) is 4.95. The minimum atomic E-state index is -4.25. The van der Waals surface area contributed by atoms with Gasteiger partial charge in [-0.25, -0.2) is 0 Å². The van der Waals surface area contributed by atoms with E-state index < -0.39 is 10.4 Å². The molecular weight excluding hydrogens is 404 g/mol. The summed E-state index contributed by atoms with van der Waals surface area (Å²) in [6.07, 6.45) is 7.79. The SMILES string of the molecule is O=S(=O)(O)OCCCCCCCCC[Te]c1ccccc1. The van der Waals surface area contributed by atoms with Crippen LogP contribution in [-0.4, -0.2) is 40.5 Å². The molecule has 0 amide bonds. The van der Waals surface area contributed by atoms with Crippen molar-refractivity contribution in [1.29, 1.82) is 0 Å². The Morgan fingerprint density at radius 2 is 1.48 bits per heavy atom. The van der Waals surface area contributed by atoms with Crippen molar-refractivity contribution in [1.82, 2.24) is 0 Å². The van der Waals surface area contributed by atoms with E-state index in [0.29, 0.717) is 6.42 Å². The van der Waals surface area contributed by atoms with Crippen LogP contribution < -0.4 is 3.61 Å². The van der Waals surface area contributed by atoms with Crippen LogP contribution >= 0.6 is 0 Å². The summed E-state index contributed by atoms with van der Waals surface area (Å²) in [6, 6.07) is 10.8. The minimum absolute atomic E-state index is 0.00615. The molecule has 0 unspecified atom stereocenters. The van der Waals surface area contributed by atoms with E-state index >= 15 is 0 Å². The van der Waals surface area contributed by atoms with Crippen molar-refractivity contribution in [2.45, 2.75) is 49.4 Å². The third kappa shape index (κ3) is 12.1. The maximum atomic E-state index is 10.3. The van der Waals surface area contributed by atoms with E-state index in [1.165, 1.54) is 30.2 Å². The van der Waals surface area contributed by atoms with Gasteiger partial charge < -0.3 is 0 Å². The summed E-state index contributed by atoms with van der Waals surface area (Å²) in [5.74, 6) is 0. The van der Waals surface area contributed by atoms with Crippen LogP contribution in [0.25, 0.3) is 0 Å². The Bertz CT molecular complexity index is 462. The summed E-state index contributed by atoms with van der Waals surface area (Å²) >= 11 is 0.00615. The predicted octanol–water partition coefficient (Wildman–Crippen LogP) is 2.98. The molecule has 0 aliphatic carbocycles. The van der Waals surface area contributed by atoms with Crippen LogP contribution in [0, 0.1) is 0 Å². The van der Waals surface area contributed by atoms with E-state index in [-0.39, 0.29) is 27.5 Å². The molecule has 0 aliphatic rings. The Morgan fingerprint density at radius 1 is 0.905 bits per heavy atom. The number of unbranched alkanes of at least 4 members (excludes halogenated alkanes) is 6. The van der Waals surface area contributed by atoms with Crippen LogP contribution in [0.3, 0.4) is 0 Å². The van der Waals surface area contributed by atoms with Gasteiger partial charge in [0.05, 0.1) is 0 Å². The second-order valence-electron chi connectivity index (χ2n) is 4.89. The van der Waals surface area contributed by atoms with E-state index in [2.05, 4.69) is 34.5 Å². The number of rotatable bonds is 12. The summed E-state index contributed by atoms with van der Waals surface area (Å²) in [6.45, 7) is 0.0845. The molecule has 0 spiro atoms. The van der Waals surface area contributed by atoms with Gasteiger partial charge in [-0.1, -0.05) is 0 Å². The summed E-state index contributed by atoms with van der Waals surface area (Å²) in [5.41, 5.74) is 0. The number of hydrogen-bond acceptors (Lipinski definition) is 3. The van der Waals surface area contributed by atoms with Crippen molar-refractivity contribution < 1.29 is 17.2 Å². The molecule has 1 rings (SSSR count). The second-order valence-corrected chi connectivity index (χ2v) is 9.31. The van der Waals surface area contributed by atoms with Crippen LogP contribution in [0.5, 0.6) is 0 Å². The average molecular weight is 428 g/mol. The fraction of sp³-hybridized carbons (Fsp3) is 0.600. The second kappa shape index (κ2) is 11.4. The zero-order valence-corrected chi connectivity index (χ0v) is 15.4. The Labute approximate surface area is 138 Å². The van der Waals surface area contributed by atoms with Crippen molar-refractivity contribution in [2.75, 3.05) is 6.61 Å². The van der Waals surface area contributed by atoms with Crippen LogP contribution in [0.15, 0.2) is 30.3 Å². The predicted molar refractivity (Wildman–Crippen MR) is 86.5 cm³/mol. The molecule has 4 nitrogen and oxygen atoms in total. The molecule has 0 fully saturated rings. The Kier molecular flexibility index (Phi) is 10.3. The van der Waals surface area contributed by atoms with Crippen LogP contribution in [0.2, 0.25) is 4.47 Å². The number of benzene rings is 1. The standard InChI is InChI=1S/C15H24O4STe/c16-20(17,18)19-13-9-4-2-1-3-5-10-14-21-15-11-7-6-8-12-15/h6-8,11-12H,1-5,9-10,13-14H2,(H,16,17,18). The summed E-state index contributed by atoms with van der Waals surface area (Å²) in [7, 11) is -4.25. The first-order valence-corrected chi connectivity index (χ1v) is 11.6. The van der Waals surface area contributed by atoms with Gasteiger partial charge in [-0.3, -0.25) is 0 Å². The Morgan fingerprint density at radius 3 is 2.10 bits per heavy atom. The van der Waals surface area contributed by atoms with Gasteiger partial charge in [-0.05, 0) is 0 Å². The molecule has 0 aromatic heterocycles. The molecule has 21 heavy (non-hydrogen) atoms. The summed E-state index contributed by atoms with van der Waals surface area (Å²) in [5, 5.41) is 0. The first-order valence-electron chi connectivity index (χ1n) is 7.37. The van der Waals surface area contributed by atoms with Gasteiger partial charge in [-0.15, -0.1) is 0 Å². The van der Waals surface area contributed by atoms with E-state index in [1.54, 1.807) is 3.61 Å². The van der Waals surface area contributed by atoms with Gasteiger partial charge in [0.1, 0.15) is 0 Å². The topological polar surface area (TPSA) is 63.6 Å². The maximum absolute atomic E-state index is 10.3. The van der Waals surface area contributed by atoms with Gasteiger partial charge >= 0.3 is 138 Å². The summed E-state index contributed by atoms with van der Waals surface area (Å²) in [4.78, 5) is 0. The summed E-state index contributed by atoms with van der Waals surface area (Å²) < 4.78 is 36.2.